The molecule has 158 valence electrons. The van der Waals surface area contributed by atoms with Crippen LogP contribution in [0.4, 0.5) is 5.69 Å². The normalized spacial score (nSPS) is 9.93. The molecule has 2 amide bonds. The summed E-state index contributed by atoms with van der Waals surface area (Å²) < 4.78 is 15.6. The Kier molecular flexibility index (Phi) is 8.43. The number of ether oxygens (including phenoxy) is 3. The summed E-state index contributed by atoms with van der Waals surface area (Å²) in [5, 5.41) is 5.08. The first-order valence-electron chi connectivity index (χ1n) is 9.15. The molecule has 0 atom stereocenters. The Bertz CT molecular complexity index is 908. The second kappa shape index (κ2) is 11.3. The summed E-state index contributed by atoms with van der Waals surface area (Å²) in [6.07, 6.45) is 2.45. The van der Waals surface area contributed by atoms with Gasteiger partial charge in [0.05, 0.1) is 7.11 Å². The first-order valence-corrected chi connectivity index (χ1v) is 9.15. The van der Waals surface area contributed by atoms with Gasteiger partial charge < -0.3 is 24.8 Å². The van der Waals surface area contributed by atoms with Crippen molar-refractivity contribution in [2.45, 2.75) is 6.42 Å². The lowest BCUT2D eigenvalue weighted by atomic mass is 10.1. The van der Waals surface area contributed by atoms with Crippen LogP contribution in [0.15, 0.2) is 55.1 Å². The number of carbonyl (C=O) groups excluding carboxylic acids is 3. The van der Waals surface area contributed by atoms with Gasteiger partial charge in [0, 0.05) is 18.3 Å². The van der Waals surface area contributed by atoms with Gasteiger partial charge in [0.2, 0.25) is 0 Å². The van der Waals surface area contributed by atoms with Crippen molar-refractivity contribution < 1.29 is 28.6 Å². The van der Waals surface area contributed by atoms with E-state index in [1.807, 2.05) is 6.07 Å². The Labute approximate surface area is 174 Å². The van der Waals surface area contributed by atoms with Gasteiger partial charge in [-0.25, -0.2) is 4.79 Å². The average Bonchev–Trinajstić information content (AvgIpc) is 2.76. The molecule has 0 heterocycles. The lowest BCUT2D eigenvalue weighted by molar-refractivity contribution is -0.149. The molecule has 2 aromatic carbocycles. The summed E-state index contributed by atoms with van der Waals surface area (Å²) in [7, 11) is 3.04. The zero-order valence-corrected chi connectivity index (χ0v) is 16.9. The zero-order chi connectivity index (χ0) is 21.9. The fraction of sp³-hybridized carbons (Fsp3) is 0.227. The maximum atomic E-state index is 11.9. The fourth-order valence-corrected chi connectivity index (χ4v) is 2.50. The third-order valence-electron chi connectivity index (χ3n) is 3.98. The van der Waals surface area contributed by atoms with Crippen molar-refractivity contribution in [3.8, 4) is 11.5 Å². The van der Waals surface area contributed by atoms with E-state index in [-0.39, 0.29) is 12.5 Å². The number of esters is 1. The lowest BCUT2D eigenvalue weighted by Gasteiger charge is -2.12. The molecule has 8 heteroatoms. The highest BCUT2D eigenvalue weighted by Crippen LogP contribution is 2.28. The first kappa shape index (κ1) is 22.5. The second-order valence-corrected chi connectivity index (χ2v) is 6.13. The highest BCUT2D eigenvalue weighted by atomic mass is 16.6. The van der Waals surface area contributed by atoms with Crippen LogP contribution in [-0.2, 0) is 20.7 Å². The number of carbonyl (C=O) groups is 3. The Balaban J connectivity index is 1.79. The summed E-state index contributed by atoms with van der Waals surface area (Å²) in [5.74, 6) is -0.559. The molecule has 0 aliphatic heterocycles. The summed E-state index contributed by atoms with van der Waals surface area (Å²) in [5.41, 5.74) is 1.94. The zero-order valence-electron chi connectivity index (χ0n) is 16.9. The minimum atomic E-state index is -0.697. The Morgan fingerprint density at radius 3 is 2.40 bits per heavy atom. The predicted molar refractivity (Wildman–Crippen MR) is 112 cm³/mol. The van der Waals surface area contributed by atoms with Crippen LogP contribution < -0.4 is 20.1 Å². The number of nitrogens with one attached hydrogen (secondary N) is 2. The van der Waals surface area contributed by atoms with E-state index in [0.29, 0.717) is 29.2 Å². The smallest absolute Gasteiger partial charge is 0.344 e. The van der Waals surface area contributed by atoms with Gasteiger partial charge in [-0.3, -0.25) is 9.59 Å². The standard InChI is InChI=1S/C22H24N2O6/c1-4-5-15-6-11-18(19(12-15)28-3)29-14-21(26)30-13-20(25)24-17-9-7-16(8-10-17)22(27)23-2/h4,6-12H,1,5,13-14H2,2-3H3,(H,23,27)(H,24,25). The van der Waals surface area contributed by atoms with Gasteiger partial charge in [-0.05, 0) is 48.4 Å². The van der Waals surface area contributed by atoms with Crippen molar-refractivity contribution in [2.75, 3.05) is 32.7 Å². The maximum Gasteiger partial charge on any atom is 0.344 e. The molecule has 0 unspecified atom stereocenters. The summed E-state index contributed by atoms with van der Waals surface area (Å²) in [6.45, 7) is 2.85. The molecule has 8 nitrogen and oxygen atoms in total. The van der Waals surface area contributed by atoms with Gasteiger partial charge in [0.15, 0.2) is 24.7 Å². The third kappa shape index (κ3) is 6.66. The van der Waals surface area contributed by atoms with E-state index in [9.17, 15) is 14.4 Å². The lowest BCUT2D eigenvalue weighted by Crippen LogP contribution is -2.24. The van der Waals surface area contributed by atoms with Crippen molar-refractivity contribution in [3.05, 3.63) is 66.2 Å². The molecule has 0 fully saturated rings. The van der Waals surface area contributed by atoms with E-state index in [4.69, 9.17) is 14.2 Å². The minimum Gasteiger partial charge on any atom is -0.493 e. The quantitative estimate of drug-likeness (QED) is 0.459. The Morgan fingerprint density at radius 2 is 1.77 bits per heavy atom. The van der Waals surface area contributed by atoms with E-state index in [1.54, 1.807) is 42.5 Å². The highest BCUT2D eigenvalue weighted by molar-refractivity contribution is 5.96. The number of hydrogen-bond donors (Lipinski definition) is 2. The van der Waals surface area contributed by atoms with Crippen LogP contribution in [-0.4, -0.2) is 45.2 Å². The van der Waals surface area contributed by atoms with E-state index in [1.165, 1.54) is 14.2 Å². The topological polar surface area (TPSA) is 103 Å². The van der Waals surface area contributed by atoms with Crippen LogP contribution in [0.25, 0.3) is 0 Å². The van der Waals surface area contributed by atoms with E-state index in [0.717, 1.165) is 5.56 Å². The summed E-state index contributed by atoms with van der Waals surface area (Å²) >= 11 is 0. The number of rotatable bonds is 10. The number of hydrogen-bond acceptors (Lipinski definition) is 6. The molecular weight excluding hydrogens is 388 g/mol. The van der Waals surface area contributed by atoms with Crippen molar-refractivity contribution in [3.63, 3.8) is 0 Å². The molecule has 0 saturated carbocycles. The Morgan fingerprint density at radius 1 is 1.03 bits per heavy atom. The summed E-state index contributed by atoms with van der Waals surface area (Å²) in [4.78, 5) is 35.3. The molecule has 0 radical (unpaired) electrons. The Hall–Kier alpha value is -3.81. The molecule has 0 aromatic heterocycles. The van der Waals surface area contributed by atoms with E-state index < -0.39 is 18.5 Å². The van der Waals surface area contributed by atoms with Gasteiger partial charge in [-0.2, -0.15) is 0 Å². The van der Waals surface area contributed by atoms with Crippen LogP contribution in [0.2, 0.25) is 0 Å². The van der Waals surface area contributed by atoms with Gasteiger partial charge in [-0.15, -0.1) is 6.58 Å². The number of methoxy groups -OCH3 is 1. The molecule has 0 bridgehead atoms. The molecule has 0 aliphatic rings. The number of amides is 2. The van der Waals surface area contributed by atoms with Crippen molar-refractivity contribution >= 4 is 23.5 Å². The molecule has 2 rings (SSSR count). The first-order chi connectivity index (χ1) is 14.5. The second-order valence-electron chi connectivity index (χ2n) is 6.13. The van der Waals surface area contributed by atoms with Gasteiger partial charge in [-0.1, -0.05) is 12.1 Å². The molecule has 2 N–H and O–H groups in total. The van der Waals surface area contributed by atoms with Crippen LogP contribution >= 0.6 is 0 Å². The molecule has 2 aromatic rings. The summed E-state index contributed by atoms with van der Waals surface area (Å²) in [6, 6.07) is 11.6. The molecule has 0 aliphatic carbocycles. The molecule has 30 heavy (non-hydrogen) atoms. The van der Waals surface area contributed by atoms with E-state index in [2.05, 4.69) is 17.2 Å². The number of benzene rings is 2. The van der Waals surface area contributed by atoms with Crippen LogP contribution in [0.5, 0.6) is 11.5 Å². The predicted octanol–water partition coefficient (Wildman–Crippen LogP) is 2.34. The third-order valence-corrected chi connectivity index (χ3v) is 3.98. The van der Waals surface area contributed by atoms with Crippen LogP contribution in [0.3, 0.4) is 0 Å². The van der Waals surface area contributed by atoms with Crippen molar-refractivity contribution in [1.29, 1.82) is 0 Å². The van der Waals surface area contributed by atoms with E-state index >= 15 is 0 Å². The van der Waals surface area contributed by atoms with Crippen molar-refractivity contribution in [1.82, 2.24) is 5.32 Å². The molecule has 0 saturated heterocycles. The van der Waals surface area contributed by atoms with Gasteiger partial charge in [0.25, 0.3) is 11.8 Å². The van der Waals surface area contributed by atoms with Gasteiger partial charge >= 0.3 is 5.97 Å². The molecule has 0 spiro atoms. The SMILES string of the molecule is C=CCc1ccc(OCC(=O)OCC(=O)Nc2ccc(C(=O)NC)cc2)c(OC)c1. The largest absolute Gasteiger partial charge is 0.493 e. The minimum absolute atomic E-state index is 0.228. The molecular formula is C22H24N2O6. The van der Waals surface area contributed by atoms with Crippen LogP contribution in [0.1, 0.15) is 15.9 Å². The number of anilines is 1. The monoisotopic (exact) mass is 412 g/mol. The van der Waals surface area contributed by atoms with Gasteiger partial charge in [0.1, 0.15) is 0 Å². The van der Waals surface area contributed by atoms with Crippen LogP contribution in [0, 0.1) is 0 Å². The fourth-order valence-electron chi connectivity index (χ4n) is 2.50. The number of allylic oxidation sites excluding steroid dienone is 1. The van der Waals surface area contributed by atoms with Crippen molar-refractivity contribution in [2.24, 2.45) is 0 Å². The highest BCUT2D eigenvalue weighted by Gasteiger charge is 2.12. The average molecular weight is 412 g/mol. The maximum absolute atomic E-state index is 11.9.